The molecule has 1 aliphatic heterocycles. The van der Waals surface area contributed by atoms with Crippen molar-refractivity contribution < 1.29 is 9.47 Å². The van der Waals surface area contributed by atoms with E-state index in [9.17, 15) is 0 Å². The van der Waals surface area contributed by atoms with Crippen LogP contribution in [0.15, 0.2) is 36.4 Å². The third-order valence-corrected chi connectivity index (χ3v) is 2.37. The monoisotopic (exact) mass is 204 g/mol. The fraction of sp³-hybridized carbons (Fsp3) is 0.385. The SMILES string of the molecule is C(=Cc1ccccc1)CCC1OCCO1. The summed E-state index contributed by atoms with van der Waals surface area (Å²) in [6.07, 6.45) is 6.27. The first kappa shape index (κ1) is 10.4. The molecule has 0 radical (unpaired) electrons. The smallest absolute Gasteiger partial charge is 0.158 e. The molecule has 0 atom stereocenters. The van der Waals surface area contributed by atoms with Crippen molar-refractivity contribution in [1.82, 2.24) is 0 Å². The van der Waals surface area contributed by atoms with Crippen LogP contribution in [0.2, 0.25) is 0 Å². The van der Waals surface area contributed by atoms with Crippen molar-refractivity contribution in [3.05, 3.63) is 42.0 Å². The number of ether oxygens (including phenoxy) is 2. The lowest BCUT2D eigenvalue weighted by atomic mass is 10.2. The van der Waals surface area contributed by atoms with Crippen molar-refractivity contribution in [2.75, 3.05) is 13.2 Å². The zero-order chi connectivity index (χ0) is 10.3. The first-order valence-electron chi connectivity index (χ1n) is 5.40. The highest BCUT2D eigenvalue weighted by Crippen LogP contribution is 2.11. The lowest BCUT2D eigenvalue weighted by Gasteiger charge is -2.05. The Morgan fingerprint density at radius 1 is 1.13 bits per heavy atom. The largest absolute Gasteiger partial charge is 0.350 e. The van der Waals surface area contributed by atoms with Gasteiger partial charge in [-0.15, -0.1) is 0 Å². The van der Waals surface area contributed by atoms with Crippen molar-refractivity contribution in [3.63, 3.8) is 0 Å². The predicted octanol–water partition coefficient (Wildman–Crippen LogP) is 2.85. The molecule has 0 saturated carbocycles. The van der Waals surface area contributed by atoms with Gasteiger partial charge in [-0.05, 0) is 12.0 Å². The van der Waals surface area contributed by atoms with Gasteiger partial charge in [0.2, 0.25) is 0 Å². The molecule has 1 aromatic rings. The third-order valence-electron chi connectivity index (χ3n) is 2.37. The van der Waals surface area contributed by atoms with Gasteiger partial charge in [-0.1, -0.05) is 42.5 Å². The normalized spacial score (nSPS) is 17.6. The molecule has 0 unspecified atom stereocenters. The Hall–Kier alpha value is -1.12. The second-order valence-electron chi connectivity index (χ2n) is 3.56. The second kappa shape index (κ2) is 5.69. The molecule has 1 saturated heterocycles. The summed E-state index contributed by atoms with van der Waals surface area (Å²) in [5.41, 5.74) is 1.24. The van der Waals surface area contributed by atoms with Gasteiger partial charge < -0.3 is 9.47 Å². The standard InChI is InChI=1S/C13H16O2/c1-2-6-12(7-3-1)8-4-5-9-13-14-10-11-15-13/h1-4,6-8,13H,5,9-11H2. The summed E-state index contributed by atoms with van der Waals surface area (Å²) in [5.74, 6) is 0. The van der Waals surface area contributed by atoms with Gasteiger partial charge in [-0.2, -0.15) is 0 Å². The molecule has 0 N–H and O–H groups in total. The van der Waals surface area contributed by atoms with Crippen molar-refractivity contribution in [2.24, 2.45) is 0 Å². The minimum absolute atomic E-state index is 0.0189. The lowest BCUT2D eigenvalue weighted by molar-refractivity contribution is -0.0457. The number of benzene rings is 1. The Bertz CT molecular complexity index is 300. The quantitative estimate of drug-likeness (QED) is 0.750. The minimum atomic E-state index is 0.0189. The Morgan fingerprint density at radius 3 is 2.60 bits per heavy atom. The van der Waals surface area contributed by atoms with Crippen molar-refractivity contribution in [2.45, 2.75) is 19.1 Å². The van der Waals surface area contributed by atoms with Crippen LogP contribution in [0.1, 0.15) is 18.4 Å². The number of hydrogen-bond acceptors (Lipinski definition) is 2. The molecule has 0 amide bonds. The van der Waals surface area contributed by atoms with Crippen molar-refractivity contribution in [3.8, 4) is 0 Å². The molecule has 1 heterocycles. The maximum atomic E-state index is 5.35. The Kier molecular flexibility index (Phi) is 3.94. The molecule has 1 aromatic carbocycles. The van der Waals surface area contributed by atoms with Gasteiger partial charge in [0, 0.05) is 6.42 Å². The van der Waals surface area contributed by atoms with Crippen LogP contribution in [0.5, 0.6) is 0 Å². The number of allylic oxidation sites excluding steroid dienone is 1. The highest BCUT2D eigenvalue weighted by molar-refractivity contribution is 5.48. The second-order valence-corrected chi connectivity index (χ2v) is 3.56. The molecular formula is C13H16O2. The molecule has 0 aliphatic carbocycles. The van der Waals surface area contributed by atoms with Gasteiger partial charge in [0.15, 0.2) is 6.29 Å². The van der Waals surface area contributed by atoms with Gasteiger partial charge >= 0.3 is 0 Å². The molecular weight excluding hydrogens is 188 g/mol. The molecule has 1 aliphatic rings. The number of hydrogen-bond donors (Lipinski definition) is 0. The third kappa shape index (κ3) is 3.50. The van der Waals surface area contributed by atoms with Gasteiger partial charge in [-0.3, -0.25) is 0 Å². The topological polar surface area (TPSA) is 18.5 Å². The molecule has 2 heteroatoms. The highest BCUT2D eigenvalue weighted by Gasteiger charge is 2.13. The van der Waals surface area contributed by atoms with Gasteiger partial charge in [0.25, 0.3) is 0 Å². The zero-order valence-corrected chi connectivity index (χ0v) is 8.76. The zero-order valence-electron chi connectivity index (χ0n) is 8.76. The van der Waals surface area contributed by atoms with Crippen LogP contribution in [0.3, 0.4) is 0 Å². The predicted molar refractivity (Wildman–Crippen MR) is 60.4 cm³/mol. The van der Waals surface area contributed by atoms with Gasteiger partial charge in [0.05, 0.1) is 13.2 Å². The Balaban J connectivity index is 1.71. The molecule has 15 heavy (non-hydrogen) atoms. The molecule has 0 aromatic heterocycles. The van der Waals surface area contributed by atoms with E-state index in [0.29, 0.717) is 0 Å². The average molecular weight is 204 g/mol. The lowest BCUT2D eigenvalue weighted by Crippen LogP contribution is -2.05. The van der Waals surface area contributed by atoms with Crippen molar-refractivity contribution >= 4 is 6.08 Å². The molecule has 2 rings (SSSR count). The Morgan fingerprint density at radius 2 is 1.87 bits per heavy atom. The van der Waals surface area contributed by atoms with Gasteiger partial charge in [0.1, 0.15) is 0 Å². The van der Waals surface area contributed by atoms with Crippen LogP contribution in [0, 0.1) is 0 Å². The number of rotatable bonds is 4. The molecule has 1 fully saturated rings. The molecule has 0 bridgehead atoms. The average Bonchev–Trinajstić information content (AvgIpc) is 2.79. The van der Waals surface area contributed by atoms with Crippen LogP contribution in [-0.4, -0.2) is 19.5 Å². The van der Waals surface area contributed by atoms with E-state index in [-0.39, 0.29) is 6.29 Å². The van der Waals surface area contributed by atoms with Crippen LogP contribution in [0.4, 0.5) is 0 Å². The van der Waals surface area contributed by atoms with E-state index in [0.717, 1.165) is 26.1 Å². The summed E-state index contributed by atoms with van der Waals surface area (Å²) in [6, 6.07) is 10.3. The maximum Gasteiger partial charge on any atom is 0.158 e. The summed E-state index contributed by atoms with van der Waals surface area (Å²) in [4.78, 5) is 0. The highest BCUT2D eigenvalue weighted by atomic mass is 16.7. The first-order chi connectivity index (χ1) is 7.45. The fourth-order valence-electron chi connectivity index (χ4n) is 1.59. The van der Waals surface area contributed by atoms with E-state index in [1.165, 1.54) is 5.56 Å². The summed E-state index contributed by atoms with van der Waals surface area (Å²) in [5, 5.41) is 0. The van der Waals surface area contributed by atoms with E-state index in [1.807, 2.05) is 18.2 Å². The summed E-state index contributed by atoms with van der Waals surface area (Å²) in [7, 11) is 0. The maximum absolute atomic E-state index is 5.35. The van der Waals surface area contributed by atoms with Crippen LogP contribution in [-0.2, 0) is 9.47 Å². The van der Waals surface area contributed by atoms with E-state index >= 15 is 0 Å². The summed E-state index contributed by atoms with van der Waals surface area (Å²) >= 11 is 0. The molecule has 2 nitrogen and oxygen atoms in total. The van der Waals surface area contributed by atoms with Crippen molar-refractivity contribution in [1.29, 1.82) is 0 Å². The van der Waals surface area contributed by atoms with Gasteiger partial charge in [-0.25, -0.2) is 0 Å². The van der Waals surface area contributed by atoms with Crippen LogP contribution in [0.25, 0.3) is 6.08 Å². The van der Waals surface area contributed by atoms with E-state index in [2.05, 4.69) is 24.3 Å². The van der Waals surface area contributed by atoms with E-state index in [1.54, 1.807) is 0 Å². The minimum Gasteiger partial charge on any atom is -0.350 e. The van der Waals surface area contributed by atoms with Crippen LogP contribution >= 0.6 is 0 Å². The summed E-state index contributed by atoms with van der Waals surface area (Å²) < 4.78 is 10.7. The van der Waals surface area contributed by atoms with Crippen LogP contribution < -0.4 is 0 Å². The van der Waals surface area contributed by atoms with E-state index < -0.39 is 0 Å². The summed E-state index contributed by atoms with van der Waals surface area (Å²) in [6.45, 7) is 1.49. The molecule has 0 spiro atoms. The molecule has 80 valence electrons. The fourth-order valence-corrected chi connectivity index (χ4v) is 1.59. The first-order valence-corrected chi connectivity index (χ1v) is 5.40. The van der Waals surface area contributed by atoms with E-state index in [4.69, 9.17) is 9.47 Å². The Labute approximate surface area is 90.5 Å².